The summed E-state index contributed by atoms with van der Waals surface area (Å²) in [6, 6.07) is 22.4. The summed E-state index contributed by atoms with van der Waals surface area (Å²) in [5.41, 5.74) is 10.4. The molecule has 29 heavy (non-hydrogen) atoms. The highest BCUT2D eigenvalue weighted by Gasteiger charge is 2.17. The van der Waals surface area contributed by atoms with Crippen molar-refractivity contribution >= 4 is 11.4 Å². The Morgan fingerprint density at radius 2 is 1.21 bits per heavy atom. The van der Waals surface area contributed by atoms with E-state index < -0.39 is 0 Å². The molecular weight excluding hydrogens is 350 g/mol. The highest BCUT2D eigenvalue weighted by atomic mass is 14.9. The molecule has 0 aliphatic rings. The van der Waals surface area contributed by atoms with Crippen LogP contribution in [-0.2, 0) is 10.8 Å². The van der Waals surface area contributed by atoms with E-state index in [1.54, 1.807) is 0 Å². The predicted molar refractivity (Wildman–Crippen MR) is 128 cm³/mol. The number of hydrogen-bond donors (Lipinski definition) is 1. The minimum absolute atomic E-state index is 0.126. The molecule has 0 saturated carbocycles. The summed E-state index contributed by atoms with van der Waals surface area (Å²) in [6.45, 7) is 17.9. The van der Waals surface area contributed by atoms with E-state index in [4.69, 9.17) is 0 Å². The van der Waals surface area contributed by atoms with Crippen molar-refractivity contribution in [2.75, 3.05) is 5.32 Å². The van der Waals surface area contributed by atoms with E-state index in [2.05, 4.69) is 121 Å². The monoisotopic (exact) mass is 385 g/mol. The highest BCUT2D eigenvalue weighted by Crippen LogP contribution is 2.35. The zero-order chi connectivity index (χ0) is 21.4. The van der Waals surface area contributed by atoms with E-state index in [9.17, 15) is 0 Å². The van der Waals surface area contributed by atoms with Crippen LogP contribution in [0.5, 0.6) is 0 Å². The molecule has 0 aliphatic carbocycles. The molecule has 152 valence electrons. The summed E-state index contributed by atoms with van der Waals surface area (Å²) >= 11 is 0. The number of rotatable bonds is 3. The summed E-state index contributed by atoms with van der Waals surface area (Å²) < 4.78 is 0. The van der Waals surface area contributed by atoms with Gasteiger partial charge in [-0.2, -0.15) is 0 Å². The lowest BCUT2D eigenvalue weighted by Crippen LogP contribution is -2.11. The lowest BCUT2D eigenvalue weighted by molar-refractivity contribution is 0.590. The Kier molecular flexibility index (Phi) is 5.63. The van der Waals surface area contributed by atoms with Gasteiger partial charge in [-0.3, -0.25) is 0 Å². The first-order valence-electron chi connectivity index (χ1n) is 10.5. The van der Waals surface area contributed by atoms with Crippen molar-refractivity contribution in [3.05, 3.63) is 82.9 Å². The topological polar surface area (TPSA) is 12.0 Å². The Balaban J connectivity index is 2.02. The number of nitrogens with one attached hydrogen (secondary N) is 1. The van der Waals surface area contributed by atoms with Gasteiger partial charge in [-0.25, -0.2) is 0 Å². The maximum absolute atomic E-state index is 3.65. The Hall–Kier alpha value is -2.54. The SMILES string of the molecule is Cc1cc(-c2cc(C)ccc2Nc2ccc(C(C)(C)C)cc2)cc(C(C)(C)C)c1. The molecule has 1 nitrogen and oxygen atoms in total. The van der Waals surface area contributed by atoms with Crippen LogP contribution >= 0.6 is 0 Å². The van der Waals surface area contributed by atoms with Gasteiger partial charge in [0.15, 0.2) is 0 Å². The lowest BCUT2D eigenvalue weighted by atomic mass is 9.84. The van der Waals surface area contributed by atoms with Gasteiger partial charge in [0.25, 0.3) is 0 Å². The molecule has 3 aromatic carbocycles. The summed E-state index contributed by atoms with van der Waals surface area (Å²) in [5.74, 6) is 0. The molecule has 0 atom stereocenters. The molecule has 0 unspecified atom stereocenters. The van der Waals surface area contributed by atoms with Crippen LogP contribution in [0.2, 0.25) is 0 Å². The van der Waals surface area contributed by atoms with Crippen LogP contribution in [0.3, 0.4) is 0 Å². The van der Waals surface area contributed by atoms with Crippen LogP contribution in [0.25, 0.3) is 11.1 Å². The fourth-order valence-corrected chi connectivity index (χ4v) is 3.59. The molecule has 3 rings (SSSR count). The molecule has 0 amide bonds. The Labute approximate surface area is 177 Å². The van der Waals surface area contributed by atoms with Crippen LogP contribution in [0.4, 0.5) is 11.4 Å². The van der Waals surface area contributed by atoms with E-state index in [0.29, 0.717) is 0 Å². The maximum atomic E-state index is 3.65. The third-order valence-electron chi connectivity index (χ3n) is 5.46. The third-order valence-corrected chi connectivity index (χ3v) is 5.46. The molecule has 1 heteroatoms. The van der Waals surface area contributed by atoms with Gasteiger partial charge in [-0.15, -0.1) is 0 Å². The van der Waals surface area contributed by atoms with Gasteiger partial charge >= 0.3 is 0 Å². The van der Waals surface area contributed by atoms with Crippen molar-refractivity contribution in [1.29, 1.82) is 0 Å². The van der Waals surface area contributed by atoms with Crippen molar-refractivity contribution in [2.45, 2.75) is 66.2 Å². The van der Waals surface area contributed by atoms with Crippen molar-refractivity contribution in [3.63, 3.8) is 0 Å². The van der Waals surface area contributed by atoms with Gasteiger partial charge in [-0.05, 0) is 65.6 Å². The second-order valence-electron chi connectivity index (χ2n) is 10.3. The van der Waals surface area contributed by atoms with Gasteiger partial charge in [-0.1, -0.05) is 89.1 Å². The molecule has 0 heterocycles. The van der Waals surface area contributed by atoms with Crippen LogP contribution in [0, 0.1) is 13.8 Å². The lowest BCUT2D eigenvalue weighted by Gasteiger charge is -2.22. The average molecular weight is 386 g/mol. The van der Waals surface area contributed by atoms with Crippen LogP contribution < -0.4 is 5.32 Å². The van der Waals surface area contributed by atoms with E-state index >= 15 is 0 Å². The second kappa shape index (κ2) is 7.71. The number of aryl methyl sites for hydroxylation is 2. The summed E-state index contributed by atoms with van der Waals surface area (Å²) in [4.78, 5) is 0. The summed E-state index contributed by atoms with van der Waals surface area (Å²) in [6.07, 6.45) is 0. The van der Waals surface area contributed by atoms with Crippen molar-refractivity contribution in [2.24, 2.45) is 0 Å². The van der Waals surface area contributed by atoms with Crippen LogP contribution in [-0.4, -0.2) is 0 Å². The van der Waals surface area contributed by atoms with Gasteiger partial charge in [0, 0.05) is 16.9 Å². The van der Waals surface area contributed by atoms with Gasteiger partial charge in [0.05, 0.1) is 0 Å². The molecule has 0 fully saturated rings. The standard InChI is InChI=1S/C28H35N/c1-19-9-14-26(29-24-12-10-22(11-13-24)27(3,4)5)25(17-19)21-15-20(2)16-23(18-21)28(6,7)8/h9-18,29H,1-8H3. The van der Waals surface area contributed by atoms with E-state index in [1.807, 2.05) is 0 Å². The quantitative estimate of drug-likeness (QED) is 0.478. The van der Waals surface area contributed by atoms with Crippen molar-refractivity contribution in [1.82, 2.24) is 0 Å². The fraction of sp³-hybridized carbons (Fsp3) is 0.357. The third kappa shape index (κ3) is 5.09. The van der Waals surface area contributed by atoms with Gasteiger partial charge in [0.2, 0.25) is 0 Å². The van der Waals surface area contributed by atoms with E-state index in [1.165, 1.54) is 33.4 Å². The highest BCUT2D eigenvalue weighted by molar-refractivity contribution is 5.82. The molecule has 1 N–H and O–H groups in total. The van der Waals surface area contributed by atoms with Gasteiger partial charge in [0.1, 0.15) is 0 Å². The van der Waals surface area contributed by atoms with Crippen LogP contribution in [0.15, 0.2) is 60.7 Å². The molecular formula is C28H35N. The zero-order valence-electron chi connectivity index (χ0n) is 19.3. The largest absolute Gasteiger partial charge is 0.355 e. The van der Waals surface area contributed by atoms with E-state index in [0.717, 1.165) is 11.4 Å². The molecule has 0 aliphatic heterocycles. The smallest absolute Gasteiger partial charge is 0.0464 e. The first-order chi connectivity index (χ1) is 13.4. The predicted octanol–water partition coefficient (Wildman–Crippen LogP) is 8.31. The summed E-state index contributed by atoms with van der Waals surface area (Å²) in [7, 11) is 0. The minimum atomic E-state index is 0.126. The van der Waals surface area contributed by atoms with Crippen molar-refractivity contribution < 1.29 is 0 Å². The Morgan fingerprint density at radius 1 is 0.586 bits per heavy atom. The minimum Gasteiger partial charge on any atom is -0.355 e. The second-order valence-corrected chi connectivity index (χ2v) is 10.3. The fourth-order valence-electron chi connectivity index (χ4n) is 3.59. The van der Waals surface area contributed by atoms with Crippen molar-refractivity contribution in [3.8, 4) is 11.1 Å². The molecule has 0 bridgehead atoms. The first-order valence-corrected chi connectivity index (χ1v) is 10.5. The Bertz CT molecular complexity index is 996. The zero-order valence-corrected chi connectivity index (χ0v) is 19.3. The number of benzene rings is 3. The molecule has 0 radical (unpaired) electrons. The first kappa shape index (κ1) is 21.2. The van der Waals surface area contributed by atoms with E-state index in [-0.39, 0.29) is 10.8 Å². The number of hydrogen-bond acceptors (Lipinski definition) is 1. The average Bonchev–Trinajstić information content (AvgIpc) is 2.61. The maximum Gasteiger partial charge on any atom is 0.0464 e. The Morgan fingerprint density at radius 3 is 1.79 bits per heavy atom. The normalized spacial score (nSPS) is 12.1. The summed E-state index contributed by atoms with van der Waals surface area (Å²) in [5, 5.41) is 3.65. The molecule has 0 saturated heterocycles. The molecule has 3 aromatic rings. The molecule has 0 spiro atoms. The number of anilines is 2. The molecule has 0 aromatic heterocycles. The van der Waals surface area contributed by atoms with Gasteiger partial charge < -0.3 is 5.32 Å². The van der Waals surface area contributed by atoms with Crippen LogP contribution in [0.1, 0.15) is 63.8 Å².